The first-order chi connectivity index (χ1) is 7.70. The molecule has 0 radical (unpaired) electrons. The van der Waals surface area contributed by atoms with Gasteiger partial charge in [0.05, 0.1) is 7.11 Å². The number of rotatable bonds is 4. The first-order valence-corrected chi connectivity index (χ1v) is 6.32. The van der Waals surface area contributed by atoms with Crippen molar-refractivity contribution in [2.45, 2.75) is 11.1 Å². The predicted octanol–water partition coefficient (Wildman–Crippen LogP) is 3.20. The van der Waals surface area contributed by atoms with Crippen LogP contribution in [-0.4, -0.2) is 19.3 Å². The Bertz CT molecular complexity index is 467. The predicted molar refractivity (Wildman–Crippen MR) is 66.4 cm³/mol. The molecule has 0 unspecified atom stereocenters. The minimum atomic E-state index is 0.804. The fourth-order valence-electron chi connectivity index (χ4n) is 1.17. The van der Waals surface area contributed by atoms with Crippen LogP contribution in [0.5, 0.6) is 5.75 Å². The van der Waals surface area contributed by atoms with Gasteiger partial charge in [0.25, 0.3) is 0 Å². The van der Waals surface area contributed by atoms with Crippen molar-refractivity contribution in [2.24, 2.45) is 0 Å². The Balaban J connectivity index is 2.10. The highest BCUT2D eigenvalue weighted by Gasteiger charge is 2.12. The first-order valence-electron chi connectivity index (χ1n) is 4.67. The van der Waals surface area contributed by atoms with Crippen LogP contribution in [-0.2, 0) is 0 Å². The number of nitrogens with zero attached hydrogens (tertiary/aromatic N) is 2. The number of aromatic nitrogens is 1. The fourth-order valence-corrected chi connectivity index (χ4v) is 3.10. The molecule has 0 bridgehead atoms. The van der Waals surface area contributed by atoms with E-state index in [4.69, 9.17) is 9.26 Å². The minimum absolute atomic E-state index is 0.804. The summed E-state index contributed by atoms with van der Waals surface area (Å²) in [6.07, 6.45) is 0. The monoisotopic (exact) mass is 256 g/mol. The molecule has 0 spiro atoms. The van der Waals surface area contributed by atoms with Crippen LogP contribution < -0.4 is 9.04 Å². The molecule has 0 N–H and O–H groups in total. The number of hydrogen-bond acceptors (Lipinski definition) is 6. The maximum atomic E-state index is 5.25. The Labute approximate surface area is 102 Å². The number of anilines is 1. The largest absolute Gasteiger partial charge is 0.495 e. The Morgan fingerprint density at radius 3 is 3.00 bits per heavy atom. The van der Waals surface area contributed by atoms with Gasteiger partial charge in [-0.05, 0) is 18.4 Å². The molecule has 0 atom stereocenters. The zero-order valence-electron chi connectivity index (χ0n) is 9.26. The molecule has 6 heteroatoms. The third-order valence-corrected chi connectivity index (χ3v) is 4.00. The van der Waals surface area contributed by atoms with Gasteiger partial charge in [0, 0.05) is 25.1 Å². The van der Waals surface area contributed by atoms with E-state index in [1.165, 1.54) is 0 Å². The van der Waals surface area contributed by atoms with Crippen LogP contribution in [0.25, 0.3) is 0 Å². The Hall–Kier alpha value is -1.14. The summed E-state index contributed by atoms with van der Waals surface area (Å²) in [5.41, 5.74) is 0. The zero-order valence-corrected chi connectivity index (χ0v) is 10.9. The van der Waals surface area contributed by atoms with E-state index in [0.717, 1.165) is 21.5 Å². The highest BCUT2D eigenvalue weighted by molar-refractivity contribution is 8.02. The van der Waals surface area contributed by atoms with Crippen molar-refractivity contribution in [3.05, 3.63) is 23.3 Å². The summed E-state index contributed by atoms with van der Waals surface area (Å²) in [4.78, 5) is 0. The summed E-state index contributed by atoms with van der Waals surface area (Å²) < 4.78 is 13.3. The van der Waals surface area contributed by atoms with E-state index in [-0.39, 0.29) is 0 Å². The second kappa shape index (κ2) is 4.80. The molecule has 0 saturated heterocycles. The maximum Gasteiger partial charge on any atom is 0.182 e. The van der Waals surface area contributed by atoms with Crippen LogP contribution >= 0.6 is 23.3 Å². The molecule has 0 fully saturated rings. The lowest BCUT2D eigenvalue weighted by Crippen LogP contribution is -2.05. The van der Waals surface area contributed by atoms with Gasteiger partial charge in [-0.2, -0.15) is 0 Å². The molecule has 0 amide bonds. The van der Waals surface area contributed by atoms with Gasteiger partial charge in [0.2, 0.25) is 0 Å². The van der Waals surface area contributed by atoms with Gasteiger partial charge in [0.1, 0.15) is 15.7 Å². The average Bonchev–Trinajstić information content (AvgIpc) is 2.86. The van der Waals surface area contributed by atoms with Crippen molar-refractivity contribution >= 4 is 29.1 Å². The molecule has 86 valence electrons. The van der Waals surface area contributed by atoms with E-state index < -0.39 is 0 Å². The summed E-state index contributed by atoms with van der Waals surface area (Å²) in [6, 6.07) is 3.85. The van der Waals surface area contributed by atoms with Gasteiger partial charge in [-0.25, -0.2) is 0 Å². The van der Waals surface area contributed by atoms with E-state index in [9.17, 15) is 0 Å². The Morgan fingerprint density at radius 2 is 2.38 bits per heavy atom. The summed E-state index contributed by atoms with van der Waals surface area (Å²) in [5, 5.41) is 5.95. The summed E-state index contributed by atoms with van der Waals surface area (Å²) in [6.45, 7) is 1.88. The van der Waals surface area contributed by atoms with Crippen LogP contribution in [0.15, 0.2) is 26.2 Å². The van der Waals surface area contributed by atoms with E-state index in [2.05, 4.69) is 5.16 Å². The SMILES string of the molecule is COc1ccsc1SN(C)c1cc(C)on1. The summed E-state index contributed by atoms with van der Waals surface area (Å²) in [5.74, 6) is 2.50. The van der Waals surface area contributed by atoms with E-state index >= 15 is 0 Å². The fraction of sp³-hybridized carbons (Fsp3) is 0.300. The number of aryl methyl sites for hydroxylation is 1. The second-order valence-electron chi connectivity index (χ2n) is 3.16. The quantitative estimate of drug-likeness (QED) is 0.785. The average molecular weight is 256 g/mol. The molecule has 4 nitrogen and oxygen atoms in total. The Kier molecular flexibility index (Phi) is 3.40. The van der Waals surface area contributed by atoms with Crippen molar-refractivity contribution in [3.63, 3.8) is 0 Å². The smallest absolute Gasteiger partial charge is 0.182 e. The molecule has 2 aromatic rings. The van der Waals surface area contributed by atoms with Gasteiger partial charge in [-0.15, -0.1) is 11.3 Å². The highest BCUT2D eigenvalue weighted by atomic mass is 32.2. The van der Waals surface area contributed by atoms with Gasteiger partial charge in [-0.3, -0.25) is 4.31 Å². The number of hydrogen-bond donors (Lipinski definition) is 0. The molecular weight excluding hydrogens is 244 g/mol. The van der Waals surface area contributed by atoms with E-state index in [1.807, 2.05) is 35.8 Å². The minimum Gasteiger partial charge on any atom is -0.495 e. The highest BCUT2D eigenvalue weighted by Crippen LogP contribution is 2.37. The molecule has 0 aliphatic carbocycles. The number of ether oxygens (including phenoxy) is 1. The van der Waals surface area contributed by atoms with Crippen molar-refractivity contribution in [3.8, 4) is 5.75 Å². The summed E-state index contributed by atoms with van der Waals surface area (Å²) in [7, 11) is 3.62. The third kappa shape index (κ3) is 2.33. The van der Waals surface area contributed by atoms with Crippen LogP contribution in [0.2, 0.25) is 0 Å². The molecule has 0 aromatic carbocycles. The van der Waals surface area contributed by atoms with Crippen molar-refractivity contribution in [1.29, 1.82) is 0 Å². The molecule has 2 heterocycles. The van der Waals surface area contributed by atoms with Crippen LogP contribution in [0, 0.1) is 6.92 Å². The standard InChI is InChI=1S/C10H12N2O2S2/c1-7-6-9(11-14-7)12(2)16-10-8(13-3)4-5-15-10/h4-6H,1-3H3. The second-order valence-corrected chi connectivity index (χ2v) is 5.47. The zero-order chi connectivity index (χ0) is 11.5. The van der Waals surface area contributed by atoms with E-state index in [0.29, 0.717) is 0 Å². The van der Waals surface area contributed by atoms with Crippen molar-refractivity contribution < 1.29 is 9.26 Å². The van der Waals surface area contributed by atoms with Gasteiger partial charge < -0.3 is 9.26 Å². The van der Waals surface area contributed by atoms with Crippen molar-refractivity contribution in [2.75, 3.05) is 18.5 Å². The first kappa shape index (κ1) is 11.3. The molecule has 2 aromatic heterocycles. The van der Waals surface area contributed by atoms with Gasteiger partial charge >= 0.3 is 0 Å². The van der Waals surface area contributed by atoms with E-state index in [1.54, 1.807) is 30.4 Å². The van der Waals surface area contributed by atoms with Crippen LogP contribution in [0.4, 0.5) is 5.82 Å². The number of thiophene rings is 1. The molecule has 0 saturated carbocycles. The molecule has 0 aliphatic heterocycles. The normalized spacial score (nSPS) is 10.4. The van der Waals surface area contributed by atoms with Gasteiger partial charge in [0.15, 0.2) is 5.82 Å². The lowest BCUT2D eigenvalue weighted by atomic mass is 10.5. The van der Waals surface area contributed by atoms with Crippen LogP contribution in [0.1, 0.15) is 5.76 Å². The summed E-state index contributed by atoms with van der Waals surface area (Å²) >= 11 is 3.21. The van der Waals surface area contributed by atoms with Crippen molar-refractivity contribution in [1.82, 2.24) is 5.16 Å². The lowest BCUT2D eigenvalue weighted by Gasteiger charge is -2.12. The molecular formula is C10H12N2O2S2. The maximum absolute atomic E-state index is 5.25. The topological polar surface area (TPSA) is 38.5 Å². The third-order valence-electron chi connectivity index (χ3n) is 1.97. The molecule has 16 heavy (non-hydrogen) atoms. The lowest BCUT2D eigenvalue weighted by molar-refractivity contribution is 0.399. The number of methoxy groups -OCH3 is 1. The molecule has 0 aliphatic rings. The Morgan fingerprint density at radius 1 is 1.56 bits per heavy atom. The van der Waals surface area contributed by atoms with Crippen LogP contribution in [0.3, 0.4) is 0 Å². The van der Waals surface area contributed by atoms with Gasteiger partial charge in [-0.1, -0.05) is 5.16 Å². The molecule has 2 rings (SSSR count).